The van der Waals surface area contributed by atoms with E-state index >= 15 is 0 Å². The van der Waals surface area contributed by atoms with Crippen molar-refractivity contribution in [2.24, 2.45) is 5.73 Å². The highest BCUT2D eigenvalue weighted by Gasteiger charge is 2.24. The van der Waals surface area contributed by atoms with Crippen LogP contribution in [0.4, 0.5) is 0 Å². The fraction of sp³-hybridized carbons (Fsp3) is 0.667. The molecule has 0 bridgehead atoms. The molecule has 2 N–H and O–H groups in total. The van der Waals surface area contributed by atoms with Gasteiger partial charge in [0, 0.05) is 0 Å². The van der Waals surface area contributed by atoms with Gasteiger partial charge in [0.25, 0.3) is 0 Å². The van der Waals surface area contributed by atoms with Crippen molar-refractivity contribution < 1.29 is 4.74 Å². The smallest absolute Gasteiger partial charge is 0.0591 e. The van der Waals surface area contributed by atoms with E-state index in [0.29, 0.717) is 12.2 Å². The van der Waals surface area contributed by atoms with E-state index in [4.69, 9.17) is 10.5 Å². The van der Waals surface area contributed by atoms with Crippen LogP contribution in [0.1, 0.15) is 57.6 Å². The summed E-state index contributed by atoms with van der Waals surface area (Å²) in [6.07, 6.45) is 6.49. The maximum Gasteiger partial charge on any atom is 0.0591 e. The predicted molar refractivity (Wildman–Crippen MR) is 85.0 cm³/mol. The standard InChI is InChI=1S/C18H29NO/c1-18(2,3)15-7-4-14(5-8-15)6-9-16-10-11-17(20-16)12-13-19/h4-5,7-8,16-17H,6,9-13,19H2,1-3H3. The Hall–Kier alpha value is -0.860. The second-order valence-electron chi connectivity index (χ2n) is 7.02. The van der Waals surface area contributed by atoms with E-state index in [9.17, 15) is 0 Å². The van der Waals surface area contributed by atoms with Crippen molar-refractivity contribution >= 4 is 0 Å². The quantitative estimate of drug-likeness (QED) is 0.886. The number of aryl methyl sites for hydroxylation is 1. The van der Waals surface area contributed by atoms with Crippen LogP contribution >= 0.6 is 0 Å². The molecule has 0 radical (unpaired) electrons. The normalized spacial score (nSPS) is 23.2. The lowest BCUT2D eigenvalue weighted by Gasteiger charge is -2.19. The number of hydrogen-bond donors (Lipinski definition) is 1. The Balaban J connectivity index is 1.80. The van der Waals surface area contributed by atoms with Crippen molar-refractivity contribution in [1.82, 2.24) is 0 Å². The molecule has 0 aliphatic carbocycles. The molecule has 2 rings (SSSR count). The highest BCUT2D eigenvalue weighted by atomic mass is 16.5. The van der Waals surface area contributed by atoms with Crippen LogP contribution in [0.2, 0.25) is 0 Å². The summed E-state index contributed by atoms with van der Waals surface area (Å²) in [4.78, 5) is 0. The molecule has 0 spiro atoms. The molecule has 1 fully saturated rings. The van der Waals surface area contributed by atoms with Crippen molar-refractivity contribution in [1.29, 1.82) is 0 Å². The second kappa shape index (κ2) is 6.73. The van der Waals surface area contributed by atoms with Crippen LogP contribution in [0.15, 0.2) is 24.3 Å². The zero-order valence-corrected chi connectivity index (χ0v) is 13.2. The van der Waals surface area contributed by atoms with E-state index < -0.39 is 0 Å². The Bertz CT molecular complexity index is 404. The monoisotopic (exact) mass is 275 g/mol. The summed E-state index contributed by atoms with van der Waals surface area (Å²) < 4.78 is 6.02. The summed E-state index contributed by atoms with van der Waals surface area (Å²) in [6, 6.07) is 9.07. The van der Waals surface area contributed by atoms with Gasteiger partial charge in [-0.15, -0.1) is 0 Å². The van der Waals surface area contributed by atoms with E-state index in [1.54, 1.807) is 0 Å². The Kier molecular flexibility index (Phi) is 5.22. The Labute approximate surface area is 123 Å². The van der Waals surface area contributed by atoms with Gasteiger partial charge in [0.05, 0.1) is 12.2 Å². The van der Waals surface area contributed by atoms with E-state index in [-0.39, 0.29) is 5.41 Å². The molecule has 2 nitrogen and oxygen atoms in total. The largest absolute Gasteiger partial charge is 0.375 e. The first-order valence-corrected chi connectivity index (χ1v) is 7.94. The first-order chi connectivity index (χ1) is 9.49. The lowest BCUT2D eigenvalue weighted by atomic mass is 9.86. The molecule has 1 saturated heterocycles. The first kappa shape index (κ1) is 15.5. The minimum absolute atomic E-state index is 0.239. The zero-order chi connectivity index (χ0) is 14.6. The van der Waals surface area contributed by atoms with Crippen LogP contribution in [0.25, 0.3) is 0 Å². The van der Waals surface area contributed by atoms with E-state index in [1.807, 2.05) is 0 Å². The molecular weight excluding hydrogens is 246 g/mol. The highest BCUT2D eigenvalue weighted by molar-refractivity contribution is 5.27. The number of nitrogens with two attached hydrogens (primary N) is 1. The van der Waals surface area contributed by atoms with Crippen LogP contribution in [-0.2, 0) is 16.6 Å². The van der Waals surface area contributed by atoms with Gasteiger partial charge >= 0.3 is 0 Å². The SMILES string of the molecule is CC(C)(C)c1ccc(CCC2CCC(CCN)O2)cc1. The average molecular weight is 275 g/mol. The van der Waals surface area contributed by atoms with Crippen LogP contribution in [0.3, 0.4) is 0 Å². The van der Waals surface area contributed by atoms with Crippen LogP contribution in [0, 0.1) is 0 Å². The second-order valence-corrected chi connectivity index (χ2v) is 7.02. The maximum absolute atomic E-state index is 6.02. The first-order valence-electron chi connectivity index (χ1n) is 7.94. The van der Waals surface area contributed by atoms with Gasteiger partial charge < -0.3 is 10.5 Å². The summed E-state index contributed by atoms with van der Waals surface area (Å²) in [5.74, 6) is 0. The van der Waals surface area contributed by atoms with E-state index in [2.05, 4.69) is 45.0 Å². The van der Waals surface area contributed by atoms with Crippen molar-refractivity contribution in [3.8, 4) is 0 Å². The molecular formula is C18H29NO. The molecule has 20 heavy (non-hydrogen) atoms. The van der Waals surface area contributed by atoms with Gasteiger partial charge in [0.2, 0.25) is 0 Å². The van der Waals surface area contributed by atoms with Gasteiger partial charge in [-0.2, -0.15) is 0 Å². The summed E-state index contributed by atoms with van der Waals surface area (Å²) in [6.45, 7) is 7.51. The van der Waals surface area contributed by atoms with Crippen LogP contribution in [-0.4, -0.2) is 18.8 Å². The number of benzene rings is 1. The molecule has 0 aromatic heterocycles. The zero-order valence-electron chi connectivity index (χ0n) is 13.2. The third-order valence-electron chi connectivity index (χ3n) is 4.26. The molecule has 2 atom stereocenters. The van der Waals surface area contributed by atoms with Crippen molar-refractivity contribution in [2.75, 3.05) is 6.54 Å². The Morgan fingerprint density at radius 3 is 2.20 bits per heavy atom. The average Bonchev–Trinajstić information content (AvgIpc) is 2.84. The Morgan fingerprint density at radius 2 is 1.65 bits per heavy atom. The predicted octanol–water partition coefficient (Wildman–Crippen LogP) is 3.81. The van der Waals surface area contributed by atoms with Gasteiger partial charge in [-0.1, -0.05) is 45.0 Å². The van der Waals surface area contributed by atoms with Gasteiger partial charge in [-0.3, -0.25) is 0 Å². The fourth-order valence-corrected chi connectivity index (χ4v) is 2.89. The molecule has 0 amide bonds. The van der Waals surface area contributed by atoms with Crippen LogP contribution < -0.4 is 5.73 Å². The van der Waals surface area contributed by atoms with E-state index in [0.717, 1.165) is 25.8 Å². The lowest BCUT2D eigenvalue weighted by Crippen LogP contribution is -2.15. The summed E-state index contributed by atoms with van der Waals surface area (Å²) >= 11 is 0. The van der Waals surface area contributed by atoms with Gasteiger partial charge in [0.15, 0.2) is 0 Å². The number of hydrogen-bond acceptors (Lipinski definition) is 2. The van der Waals surface area contributed by atoms with Gasteiger partial charge in [0.1, 0.15) is 0 Å². The van der Waals surface area contributed by atoms with Crippen molar-refractivity contribution in [2.45, 2.75) is 70.5 Å². The van der Waals surface area contributed by atoms with Crippen molar-refractivity contribution in [3.63, 3.8) is 0 Å². The molecule has 1 aliphatic heterocycles. The maximum atomic E-state index is 6.02. The Morgan fingerprint density at radius 1 is 1.05 bits per heavy atom. The summed E-state index contributed by atoms with van der Waals surface area (Å²) in [5, 5.41) is 0. The van der Waals surface area contributed by atoms with Gasteiger partial charge in [-0.25, -0.2) is 0 Å². The van der Waals surface area contributed by atoms with Crippen LogP contribution in [0.5, 0.6) is 0 Å². The molecule has 1 heterocycles. The third-order valence-corrected chi connectivity index (χ3v) is 4.26. The minimum Gasteiger partial charge on any atom is -0.375 e. The molecule has 2 heteroatoms. The summed E-state index contributed by atoms with van der Waals surface area (Å²) in [7, 11) is 0. The summed E-state index contributed by atoms with van der Waals surface area (Å²) in [5.41, 5.74) is 8.65. The molecule has 0 saturated carbocycles. The molecule has 112 valence electrons. The number of ether oxygens (including phenoxy) is 1. The molecule has 1 aromatic rings. The molecule has 1 aromatic carbocycles. The molecule has 2 unspecified atom stereocenters. The fourth-order valence-electron chi connectivity index (χ4n) is 2.89. The number of rotatable bonds is 5. The minimum atomic E-state index is 0.239. The lowest BCUT2D eigenvalue weighted by molar-refractivity contribution is 0.0378. The van der Waals surface area contributed by atoms with E-state index in [1.165, 1.54) is 24.0 Å². The highest BCUT2D eigenvalue weighted by Crippen LogP contribution is 2.26. The van der Waals surface area contributed by atoms with Crippen molar-refractivity contribution in [3.05, 3.63) is 35.4 Å². The molecule has 1 aliphatic rings. The topological polar surface area (TPSA) is 35.2 Å². The van der Waals surface area contributed by atoms with Gasteiger partial charge in [-0.05, 0) is 55.2 Å². The third kappa shape index (κ3) is 4.32.